The van der Waals surface area contributed by atoms with Crippen LogP contribution in [0.2, 0.25) is 0 Å². The van der Waals surface area contributed by atoms with E-state index in [1.54, 1.807) is 22.5 Å². The van der Waals surface area contributed by atoms with Crippen LogP contribution in [0.1, 0.15) is 56.9 Å². The molecule has 0 spiro atoms. The highest BCUT2D eigenvalue weighted by molar-refractivity contribution is 7.89. The van der Waals surface area contributed by atoms with Gasteiger partial charge in [-0.2, -0.15) is 4.31 Å². The predicted octanol–water partition coefficient (Wildman–Crippen LogP) is 3.37. The monoisotopic (exact) mass is 419 g/mol. The molecule has 1 heterocycles. The van der Waals surface area contributed by atoms with Crippen LogP contribution in [0.3, 0.4) is 0 Å². The van der Waals surface area contributed by atoms with Crippen molar-refractivity contribution in [2.75, 3.05) is 31.5 Å². The van der Waals surface area contributed by atoms with Crippen molar-refractivity contribution in [3.63, 3.8) is 0 Å². The molecule has 3 fully saturated rings. The molecule has 2 saturated carbocycles. The average molecular weight is 420 g/mol. The Bertz CT molecular complexity index is 839. The number of hydrogen-bond acceptors (Lipinski definition) is 4. The van der Waals surface area contributed by atoms with Gasteiger partial charge in [-0.25, -0.2) is 8.42 Å². The molecule has 29 heavy (non-hydrogen) atoms. The Labute approximate surface area is 174 Å². The first-order chi connectivity index (χ1) is 13.9. The van der Waals surface area contributed by atoms with Gasteiger partial charge in [-0.3, -0.25) is 9.69 Å². The minimum Gasteiger partial charge on any atom is -0.325 e. The highest BCUT2D eigenvalue weighted by atomic mass is 32.2. The van der Waals surface area contributed by atoms with Crippen molar-refractivity contribution in [3.05, 3.63) is 23.8 Å². The molecule has 4 rings (SSSR count). The van der Waals surface area contributed by atoms with Crippen molar-refractivity contribution < 1.29 is 13.2 Å². The van der Waals surface area contributed by atoms with Crippen LogP contribution < -0.4 is 5.32 Å². The number of rotatable bonds is 8. The summed E-state index contributed by atoms with van der Waals surface area (Å²) in [5.74, 6) is 0.702. The van der Waals surface area contributed by atoms with E-state index in [9.17, 15) is 13.2 Å². The maximum atomic E-state index is 13.2. The molecule has 7 heteroatoms. The van der Waals surface area contributed by atoms with Crippen molar-refractivity contribution in [2.45, 2.75) is 69.2 Å². The maximum Gasteiger partial charge on any atom is 0.243 e. The molecule has 160 valence electrons. The summed E-state index contributed by atoms with van der Waals surface area (Å²) in [7, 11) is -3.54. The fourth-order valence-corrected chi connectivity index (χ4v) is 5.94. The number of nitrogens with one attached hydrogen (secondary N) is 1. The van der Waals surface area contributed by atoms with Crippen molar-refractivity contribution >= 4 is 21.6 Å². The second-order valence-electron chi connectivity index (χ2n) is 8.95. The van der Waals surface area contributed by atoms with E-state index >= 15 is 0 Å². The van der Waals surface area contributed by atoms with E-state index < -0.39 is 10.0 Å². The van der Waals surface area contributed by atoms with E-state index in [1.807, 2.05) is 6.92 Å². The van der Waals surface area contributed by atoms with Crippen LogP contribution in [0.5, 0.6) is 0 Å². The van der Waals surface area contributed by atoms with Gasteiger partial charge in [0.1, 0.15) is 0 Å². The van der Waals surface area contributed by atoms with Crippen LogP contribution in [-0.2, 0) is 14.8 Å². The standard InChI is InChI=1S/C22H33N3O3S/c1-17-6-9-19(14-21(17)29(27,28)25-12-4-2-3-5-13-25)23-22(26)16-24(20-10-11-20)15-18-7-8-18/h6,9,14,18,20H,2-5,7-8,10-13,15-16H2,1H3,(H,23,26). The third kappa shape index (κ3) is 5.38. The number of hydrogen-bond donors (Lipinski definition) is 1. The highest BCUT2D eigenvalue weighted by Gasteiger charge is 2.34. The van der Waals surface area contributed by atoms with Crippen molar-refractivity contribution in [1.29, 1.82) is 0 Å². The molecular formula is C22H33N3O3S. The van der Waals surface area contributed by atoms with Crippen LogP contribution >= 0.6 is 0 Å². The molecule has 0 bridgehead atoms. The molecule has 1 aliphatic heterocycles. The molecule has 1 N–H and O–H groups in total. The van der Waals surface area contributed by atoms with Gasteiger partial charge in [-0.15, -0.1) is 0 Å². The molecule has 3 aliphatic rings. The Morgan fingerprint density at radius 2 is 1.79 bits per heavy atom. The summed E-state index contributed by atoms with van der Waals surface area (Å²) in [5.41, 5.74) is 1.29. The van der Waals surface area contributed by atoms with Crippen molar-refractivity contribution in [2.24, 2.45) is 5.92 Å². The van der Waals surface area contributed by atoms with Crippen LogP contribution in [-0.4, -0.2) is 55.8 Å². The number of carbonyl (C=O) groups is 1. The lowest BCUT2D eigenvalue weighted by Gasteiger charge is -2.22. The van der Waals surface area contributed by atoms with Gasteiger partial charge in [-0.05, 0) is 69.1 Å². The van der Waals surface area contributed by atoms with E-state index in [0.29, 0.717) is 36.3 Å². The first-order valence-electron chi connectivity index (χ1n) is 11.1. The summed E-state index contributed by atoms with van der Waals surface area (Å²) in [4.78, 5) is 15.3. The zero-order valence-electron chi connectivity index (χ0n) is 17.4. The smallest absolute Gasteiger partial charge is 0.243 e. The summed E-state index contributed by atoms with van der Waals surface area (Å²) in [5, 5.41) is 2.94. The summed E-state index contributed by atoms with van der Waals surface area (Å²) >= 11 is 0. The molecule has 0 radical (unpaired) electrons. The predicted molar refractivity (Wildman–Crippen MR) is 114 cm³/mol. The molecule has 1 saturated heterocycles. The van der Waals surface area contributed by atoms with Gasteiger partial charge in [0, 0.05) is 31.4 Å². The van der Waals surface area contributed by atoms with Gasteiger partial charge in [0.25, 0.3) is 0 Å². The zero-order chi connectivity index (χ0) is 20.4. The molecule has 0 atom stereocenters. The van der Waals surface area contributed by atoms with Gasteiger partial charge in [-0.1, -0.05) is 18.9 Å². The Balaban J connectivity index is 1.45. The molecule has 1 aromatic rings. The lowest BCUT2D eigenvalue weighted by Crippen LogP contribution is -2.36. The fraction of sp³-hybridized carbons (Fsp3) is 0.682. The first kappa shape index (κ1) is 20.8. The number of amides is 1. The summed E-state index contributed by atoms with van der Waals surface area (Å²) in [6, 6.07) is 5.79. The molecule has 6 nitrogen and oxygen atoms in total. The van der Waals surface area contributed by atoms with Gasteiger partial charge in [0.2, 0.25) is 15.9 Å². The Morgan fingerprint density at radius 3 is 2.41 bits per heavy atom. The summed E-state index contributed by atoms with van der Waals surface area (Å²) in [6.45, 7) is 4.39. The SMILES string of the molecule is Cc1ccc(NC(=O)CN(CC2CC2)C2CC2)cc1S(=O)(=O)N1CCCCCC1. The molecule has 0 aromatic heterocycles. The maximum absolute atomic E-state index is 13.2. The van der Waals surface area contributed by atoms with E-state index in [1.165, 1.54) is 25.7 Å². The lowest BCUT2D eigenvalue weighted by molar-refractivity contribution is -0.117. The third-order valence-electron chi connectivity index (χ3n) is 6.25. The van der Waals surface area contributed by atoms with Crippen LogP contribution in [0.15, 0.2) is 23.1 Å². The van der Waals surface area contributed by atoms with E-state index in [2.05, 4.69) is 10.2 Å². The van der Waals surface area contributed by atoms with E-state index in [4.69, 9.17) is 0 Å². The molecular weight excluding hydrogens is 386 g/mol. The van der Waals surface area contributed by atoms with Crippen molar-refractivity contribution in [1.82, 2.24) is 9.21 Å². The minimum atomic E-state index is -3.54. The largest absolute Gasteiger partial charge is 0.325 e. The van der Waals surface area contributed by atoms with E-state index in [0.717, 1.165) is 43.7 Å². The third-order valence-corrected chi connectivity index (χ3v) is 8.29. The summed E-state index contributed by atoms with van der Waals surface area (Å²) < 4.78 is 28.0. The van der Waals surface area contributed by atoms with Crippen LogP contribution in [0.4, 0.5) is 5.69 Å². The Kier molecular flexibility index (Phi) is 6.27. The van der Waals surface area contributed by atoms with Gasteiger partial charge in [0.15, 0.2) is 0 Å². The number of anilines is 1. The number of benzene rings is 1. The quantitative estimate of drug-likeness (QED) is 0.701. The fourth-order valence-electron chi connectivity index (χ4n) is 4.18. The number of aryl methyl sites for hydroxylation is 1. The van der Waals surface area contributed by atoms with Crippen LogP contribution in [0, 0.1) is 12.8 Å². The molecule has 1 aromatic carbocycles. The van der Waals surface area contributed by atoms with Gasteiger partial charge < -0.3 is 5.32 Å². The van der Waals surface area contributed by atoms with Crippen LogP contribution in [0.25, 0.3) is 0 Å². The minimum absolute atomic E-state index is 0.0560. The second kappa shape index (κ2) is 8.74. The Morgan fingerprint density at radius 1 is 1.10 bits per heavy atom. The number of carbonyl (C=O) groups excluding carboxylic acids is 1. The van der Waals surface area contributed by atoms with Gasteiger partial charge in [0.05, 0.1) is 11.4 Å². The molecule has 0 unspecified atom stereocenters. The topological polar surface area (TPSA) is 69.7 Å². The normalized spacial score (nSPS) is 21.2. The highest BCUT2D eigenvalue weighted by Crippen LogP contribution is 2.34. The number of nitrogens with zero attached hydrogens (tertiary/aromatic N) is 2. The van der Waals surface area contributed by atoms with Crippen molar-refractivity contribution in [3.8, 4) is 0 Å². The molecule has 2 aliphatic carbocycles. The van der Waals surface area contributed by atoms with Gasteiger partial charge >= 0.3 is 0 Å². The zero-order valence-corrected chi connectivity index (χ0v) is 18.2. The van der Waals surface area contributed by atoms with E-state index in [-0.39, 0.29) is 5.91 Å². The average Bonchev–Trinajstić information content (AvgIpc) is 3.57. The summed E-state index contributed by atoms with van der Waals surface area (Å²) in [6.07, 6.45) is 8.91. The first-order valence-corrected chi connectivity index (χ1v) is 12.5. The Hall–Kier alpha value is -1.44. The second-order valence-corrected chi connectivity index (χ2v) is 10.9. The lowest BCUT2D eigenvalue weighted by atomic mass is 10.2. The molecule has 1 amide bonds. The number of sulfonamides is 1.